The highest BCUT2D eigenvalue weighted by Crippen LogP contribution is 2.38. The maximum atomic E-state index is 3.77. The first-order chi connectivity index (χ1) is 9.28. The van der Waals surface area contributed by atoms with Crippen LogP contribution in [0.1, 0.15) is 41.8 Å². The molecule has 1 aliphatic rings. The zero-order valence-corrected chi connectivity index (χ0v) is 14.1. The van der Waals surface area contributed by atoms with E-state index in [9.17, 15) is 0 Å². The number of fused-ring (bicyclic) bond motifs is 1. The van der Waals surface area contributed by atoms with Crippen LogP contribution in [-0.2, 0) is 12.8 Å². The fraction of sp³-hybridized carbons (Fsp3) is 0.375. The predicted octanol–water partition coefficient (Wildman–Crippen LogP) is 5.40. The molecule has 1 atom stereocenters. The minimum atomic E-state index is 0.496. The molecule has 3 heteroatoms. The number of nitrogens with one attached hydrogen (secondary N) is 1. The maximum Gasteiger partial charge on any atom is 0.0660 e. The molecule has 1 unspecified atom stereocenters. The standard InChI is InChI=1S/C16H18INS/c1-2-11-6-3-4-7-13(11)18-14-8-5-9-15-12(14)10-16(17)19-15/h3-4,6-7,10,14,18H,2,5,8-9H2,1H3. The Balaban J connectivity index is 1.88. The highest BCUT2D eigenvalue weighted by molar-refractivity contribution is 14.1. The second-order valence-corrected chi connectivity index (χ2v) is 8.06. The number of aryl methyl sites for hydroxylation is 2. The minimum Gasteiger partial charge on any atom is -0.378 e. The van der Waals surface area contributed by atoms with E-state index >= 15 is 0 Å². The minimum absolute atomic E-state index is 0.496. The average molecular weight is 383 g/mol. The Labute approximate surface area is 132 Å². The first-order valence-electron chi connectivity index (χ1n) is 6.90. The number of anilines is 1. The molecule has 1 aromatic carbocycles. The van der Waals surface area contributed by atoms with Gasteiger partial charge in [0.05, 0.1) is 8.93 Å². The summed E-state index contributed by atoms with van der Waals surface area (Å²) in [5.41, 5.74) is 4.26. The Kier molecular flexibility index (Phi) is 4.12. The van der Waals surface area contributed by atoms with Crippen LogP contribution < -0.4 is 5.32 Å². The molecule has 0 amide bonds. The van der Waals surface area contributed by atoms with Crippen LogP contribution in [0.25, 0.3) is 0 Å². The Morgan fingerprint density at radius 3 is 3.05 bits per heavy atom. The number of hydrogen-bond acceptors (Lipinski definition) is 2. The summed E-state index contributed by atoms with van der Waals surface area (Å²) in [6, 6.07) is 11.6. The molecule has 1 nitrogen and oxygen atoms in total. The molecule has 1 N–H and O–H groups in total. The van der Waals surface area contributed by atoms with Gasteiger partial charge in [-0.1, -0.05) is 25.1 Å². The average Bonchev–Trinajstić information content (AvgIpc) is 2.81. The number of hydrogen-bond donors (Lipinski definition) is 1. The van der Waals surface area contributed by atoms with Gasteiger partial charge in [-0.15, -0.1) is 11.3 Å². The molecule has 1 aromatic heterocycles. The highest BCUT2D eigenvalue weighted by Gasteiger charge is 2.22. The molecule has 2 aromatic rings. The molecule has 3 rings (SSSR count). The second kappa shape index (κ2) is 5.83. The third kappa shape index (κ3) is 2.82. The van der Waals surface area contributed by atoms with Crippen LogP contribution in [0.15, 0.2) is 30.3 Å². The first kappa shape index (κ1) is 13.4. The van der Waals surface area contributed by atoms with Crippen LogP contribution in [-0.4, -0.2) is 0 Å². The van der Waals surface area contributed by atoms with Gasteiger partial charge in [-0.3, -0.25) is 0 Å². The van der Waals surface area contributed by atoms with Gasteiger partial charge in [0.25, 0.3) is 0 Å². The van der Waals surface area contributed by atoms with Crippen molar-refractivity contribution in [2.75, 3.05) is 5.32 Å². The van der Waals surface area contributed by atoms with E-state index in [0.29, 0.717) is 6.04 Å². The number of rotatable bonds is 3. The lowest BCUT2D eigenvalue weighted by molar-refractivity contribution is 0.608. The zero-order chi connectivity index (χ0) is 13.2. The molecular weight excluding hydrogens is 365 g/mol. The van der Waals surface area contributed by atoms with Gasteiger partial charge in [0.2, 0.25) is 0 Å². The van der Waals surface area contributed by atoms with E-state index in [1.807, 2.05) is 11.3 Å². The summed E-state index contributed by atoms with van der Waals surface area (Å²) >= 11 is 4.41. The Hall–Kier alpha value is -0.550. The molecule has 0 aliphatic heterocycles. The molecular formula is C16H18INS. The normalized spacial score (nSPS) is 18.1. The number of thiophene rings is 1. The third-order valence-corrected chi connectivity index (χ3v) is 5.78. The molecule has 0 saturated heterocycles. The fourth-order valence-corrected chi connectivity index (χ4v) is 4.95. The lowest BCUT2D eigenvalue weighted by atomic mass is 9.93. The summed E-state index contributed by atoms with van der Waals surface area (Å²) in [6.07, 6.45) is 4.90. The van der Waals surface area contributed by atoms with E-state index in [1.165, 1.54) is 39.0 Å². The van der Waals surface area contributed by atoms with E-state index < -0.39 is 0 Å². The summed E-state index contributed by atoms with van der Waals surface area (Å²) in [5, 5.41) is 3.77. The van der Waals surface area contributed by atoms with E-state index in [1.54, 1.807) is 4.88 Å². The van der Waals surface area contributed by atoms with Crippen molar-refractivity contribution in [2.45, 2.75) is 38.6 Å². The highest BCUT2D eigenvalue weighted by atomic mass is 127. The van der Waals surface area contributed by atoms with E-state index in [0.717, 1.165) is 6.42 Å². The van der Waals surface area contributed by atoms with Crippen LogP contribution in [0.2, 0.25) is 0 Å². The van der Waals surface area contributed by atoms with Crippen molar-refractivity contribution in [1.82, 2.24) is 0 Å². The molecule has 0 saturated carbocycles. The van der Waals surface area contributed by atoms with Crippen LogP contribution >= 0.6 is 33.9 Å². The largest absolute Gasteiger partial charge is 0.378 e. The van der Waals surface area contributed by atoms with E-state index in [4.69, 9.17) is 0 Å². The monoisotopic (exact) mass is 383 g/mol. The molecule has 19 heavy (non-hydrogen) atoms. The lowest BCUT2D eigenvalue weighted by Crippen LogP contribution is -2.16. The second-order valence-electron chi connectivity index (χ2n) is 5.03. The number of halogens is 1. The molecule has 100 valence electrons. The van der Waals surface area contributed by atoms with Crippen molar-refractivity contribution < 1.29 is 0 Å². The summed E-state index contributed by atoms with van der Waals surface area (Å²) in [4.78, 5) is 1.59. The molecule has 0 fully saturated rings. The first-order valence-corrected chi connectivity index (χ1v) is 8.80. The number of para-hydroxylation sites is 1. The van der Waals surface area contributed by atoms with Crippen molar-refractivity contribution in [1.29, 1.82) is 0 Å². The molecule has 1 heterocycles. The van der Waals surface area contributed by atoms with Gasteiger partial charge in [-0.05, 0) is 71.5 Å². The zero-order valence-electron chi connectivity index (χ0n) is 11.1. The van der Waals surface area contributed by atoms with Gasteiger partial charge in [-0.2, -0.15) is 0 Å². The molecule has 0 spiro atoms. The van der Waals surface area contributed by atoms with Gasteiger partial charge in [0.1, 0.15) is 0 Å². The van der Waals surface area contributed by atoms with Gasteiger partial charge < -0.3 is 5.32 Å². The van der Waals surface area contributed by atoms with Crippen molar-refractivity contribution >= 4 is 39.6 Å². The molecule has 1 aliphatic carbocycles. The summed E-state index contributed by atoms with van der Waals surface area (Å²) < 4.78 is 1.42. The quantitative estimate of drug-likeness (QED) is 0.700. The maximum absolute atomic E-state index is 3.77. The van der Waals surface area contributed by atoms with Crippen molar-refractivity contribution in [3.63, 3.8) is 0 Å². The van der Waals surface area contributed by atoms with Gasteiger partial charge in [-0.25, -0.2) is 0 Å². The fourth-order valence-electron chi connectivity index (χ4n) is 2.83. The van der Waals surface area contributed by atoms with Gasteiger partial charge >= 0.3 is 0 Å². The third-order valence-electron chi connectivity index (χ3n) is 3.81. The molecule has 0 radical (unpaired) electrons. The van der Waals surface area contributed by atoms with Crippen LogP contribution in [0.3, 0.4) is 0 Å². The van der Waals surface area contributed by atoms with Gasteiger partial charge in [0.15, 0.2) is 0 Å². The Morgan fingerprint density at radius 2 is 2.21 bits per heavy atom. The van der Waals surface area contributed by atoms with Crippen molar-refractivity contribution in [3.8, 4) is 0 Å². The van der Waals surface area contributed by atoms with E-state index in [2.05, 4.69) is 65.2 Å². The SMILES string of the molecule is CCc1ccccc1NC1CCCc2sc(I)cc21. The molecule has 0 bridgehead atoms. The van der Waals surface area contributed by atoms with E-state index in [-0.39, 0.29) is 0 Å². The summed E-state index contributed by atoms with van der Waals surface area (Å²) in [5.74, 6) is 0. The predicted molar refractivity (Wildman–Crippen MR) is 92.2 cm³/mol. The topological polar surface area (TPSA) is 12.0 Å². The Morgan fingerprint density at radius 1 is 1.37 bits per heavy atom. The Bertz CT molecular complexity index is 576. The van der Waals surface area contributed by atoms with Crippen LogP contribution in [0, 0.1) is 2.88 Å². The van der Waals surface area contributed by atoms with Crippen LogP contribution in [0.5, 0.6) is 0 Å². The number of benzene rings is 1. The van der Waals surface area contributed by atoms with Crippen molar-refractivity contribution in [2.24, 2.45) is 0 Å². The smallest absolute Gasteiger partial charge is 0.0660 e. The van der Waals surface area contributed by atoms with Crippen LogP contribution in [0.4, 0.5) is 5.69 Å². The van der Waals surface area contributed by atoms with Gasteiger partial charge in [0, 0.05) is 10.6 Å². The summed E-state index contributed by atoms with van der Waals surface area (Å²) in [6.45, 7) is 2.22. The lowest BCUT2D eigenvalue weighted by Gasteiger charge is -2.25. The van der Waals surface area contributed by atoms with Crippen molar-refractivity contribution in [3.05, 3.63) is 49.2 Å². The summed E-state index contributed by atoms with van der Waals surface area (Å²) in [7, 11) is 0.